The highest BCUT2D eigenvalue weighted by atomic mass is 35.5. The van der Waals surface area contributed by atoms with Crippen LogP contribution in [0.1, 0.15) is 30.8 Å². The van der Waals surface area contributed by atoms with E-state index in [1.54, 1.807) is 41.0 Å². The zero-order valence-corrected chi connectivity index (χ0v) is 16.3. The van der Waals surface area contributed by atoms with E-state index in [4.69, 9.17) is 23.2 Å². The Morgan fingerprint density at radius 1 is 1.29 bits per heavy atom. The fraction of sp³-hybridized carbons (Fsp3) is 0.400. The molecule has 0 saturated carbocycles. The Hall–Kier alpha value is -0.730. The van der Waals surface area contributed by atoms with Crippen molar-refractivity contribution in [2.45, 2.75) is 30.3 Å². The van der Waals surface area contributed by atoms with Crippen LogP contribution in [-0.2, 0) is 10.0 Å². The van der Waals surface area contributed by atoms with Crippen molar-refractivity contribution in [3.8, 4) is 0 Å². The predicted octanol–water partition coefficient (Wildman–Crippen LogP) is 4.21. The van der Waals surface area contributed by atoms with Gasteiger partial charge in [0.1, 0.15) is 0 Å². The number of sulfonamides is 1. The number of aromatic nitrogens is 2. The molecule has 1 fully saturated rings. The lowest BCUT2D eigenvalue weighted by Crippen LogP contribution is -2.30. The van der Waals surface area contributed by atoms with Crippen LogP contribution < -0.4 is 0 Å². The van der Waals surface area contributed by atoms with Crippen molar-refractivity contribution < 1.29 is 8.42 Å². The number of hydrogen-bond acceptors (Lipinski definition) is 4. The molecule has 2 aromatic rings. The first-order chi connectivity index (χ1) is 11.3. The standard InChI is InChI=1S/C15H17Cl2N3O2S2/c1-10(2)19-8-14(18-9-19)24(21,22)20-5-6-23-15(20)11-3-4-12(16)13(17)7-11/h3-4,7-10,15H,5-6H2,1-2H3. The van der Waals surface area contributed by atoms with Crippen molar-refractivity contribution in [1.29, 1.82) is 0 Å². The molecule has 0 radical (unpaired) electrons. The van der Waals surface area contributed by atoms with Gasteiger partial charge >= 0.3 is 0 Å². The first-order valence-corrected chi connectivity index (χ1v) is 10.7. The van der Waals surface area contributed by atoms with E-state index < -0.39 is 10.0 Å². The van der Waals surface area contributed by atoms with Gasteiger partial charge in [0.05, 0.1) is 21.7 Å². The van der Waals surface area contributed by atoms with Gasteiger partial charge in [-0.1, -0.05) is 29.3 Å². The molecule has 1 aromatic carbocycles. The van der Waals surface area contributed by atoms with Gasteiger partial charge in [-0.2, -0.15) is 4.31 Å². The van der Waals surface area contributed by atoms with E-state index in [0.717, 1.165) is 11.3 Å². The zero-order valence-electron chi connectivity index (χ0n) is 13.2. The monoisotopic (exact) mass is 405 g/mol. The molecule has 24 heavy (non-hydrogen) atoms. The van der Waals surface area contributed by atoms with Crippen LogP contribution in [0.5, 0.6) is 0 Å². The number of thioether (sulfide) groups is 1. The van der Waals surface area contributed by atoms with Crippen molar-refractivity contribution in [1.82, 2.24) is 13.9 Å². The summed E-state index contributed by atoms with van der Waals surface area (Å²) < 4.78 is 29.2. The summed E-state index contributed by atoms with van der Waals surface area (Å²) in [4.78, 5) is 4.09. The van der Waals surface area contributed by atoms with Gasteiger partial charge in [-0.15, -0.1) is 11.8 Å². The lowest BCUT2D eigenvalue weighted by molar-refractivity contribution is 0.432. The molecule has 1 saturated heterocycles. The Morgan fingerprint density at radius 3 is 2.67 bits per heavy atom. The third-order valence-electron chi connectivity index (χ3n) is 3.82. The Morgan fingerprint density at radius 2 is 2.04 bits per heavy atom. The average Bonchev–Trinajstić information content (AvgIpc) is 3.19. The molecule has 0 bridgehead atoms. The molecule has 9 heteroatoms. The lowest BCUT2D eigenvalue weighted by Gasteiger charge is -2.22. The quantitative estimate of drug-likeness (QED) is 0.764. The SMILES string of the molecule is CC(C)n1cnc(S(=O)(=O)N2CCSC2c2ccc(Cl)c(Cl)c2)c1. The number of nitrogens with zero attached hydrogens (tertiary/aromatic N) is 3. The molecule has 0 spiro atoms. The van der Waals surface area contributed by atoms with Crippen molar-refractivity contribution in [3.05, 3.63) is 46.3 Å². The van der Waals surface area contributed by atoms with E-state index >= 15 is 0 Å². The summed E-state index contributed by atoms with van der Waals surface area (Å²) in [5.41, 5.74) is 0.818. The number of benzene rings is 1. The van der Waals surface area contributed by atoms with Crippen LogP contribution in [0.25, 0.3) is 0 Å². The Balaban J connectivity index is 1.95. The molecular formula is C15H17Cl2N3O2S2. The summed E-state index contributed by atoms with van der Waals surface area (Å²) in [6.07, 6.45) is 3.13. The van der Waals surface area contributed by atoms with Crippen molar-refractivity contribution >= 4 is 45.0 Å². The second-order valence-electron chi connectivity index (χ2n) is 5.77. The first-order valence-electron chi connectivity index (χ1n) is 7.42. The number of rotatable bonds is 4. The fourth-order valence-corrected chi connectivity index (χ4v) is 5.94. The summed E-state index contributed by atoms with van der Waals surface area (Å²) in [6.45, 7) is 4.39. The molecule has 5 nitrogen and oxygen atoms in total. The van der Waals surface area contributed by atoms with Gasteiger partial charge in [-0.3, -0.25) is 0 Å². The minimum absolute atomic E-state index is 0.0729. The van der Waals surface area contributed by atoms with E-state index in [1.807, 2.05) is 19.9 Å². The second kappa shape index (κ2) is 6.88. The molecule has 0 aliphatic carbocycles. The van der Waals surface area contributed by atoms with Crippen molar-refractivity contribution in [2.24, 2.45) is 0 Å². The molecule has 0 N–H and O–H groups in total. The minimum Gasteiger partial charge on any atom is -0.334 e. The molecule has 1 aromatic heterocycles. The number of imidazole rings is 1. The maximum Gasteiger partial charge on any atom is 0.263 e. The minimum atomic E-state index is -3.67. The Labute approximate surface area is 156 Å². The van der Waals surface area contributed by atoms with Crippen LogP contribution in [-0.4, -0.2) is 34.6 Å². The van der Waals surface area contributed by atoms with E-state index in [9.17, 15) is 8.42 Å². The highest BCUT2D eigenvalue weighted by molar-refractivity contribution is 8.00. The summed E-state index contributed by atoms with van der Waals surface area (Å²) >= 11 is 13.6. The second-order valence-corrected chi connectivity index (χ2v) is 9.61. The van der Waals surface area contributed by atoms with Crippen molar-refractivity contribution in [2.75, 3.05) is 12.3 Å². The molecule has 130 valence electrons. The first kappa shape index (κ1) is 18.1. The van der Waals surface area contributed by atoms with Gasteiger partial charge < -0.3 is 4.57 Å². The topological polar surface area (TPSA) is 55.2 Å². The largest absolute Gasteiger partial charge is 0.334 e. The summed E-state index contributed by atoms with van der Waals surface area (Å²) in [6, 6.07) is 5.38. The van der Waals surface area contributed by atoms with Crippen LogP contribution >= 0.6 is 35.0 Å². The number of hydrogen-bond donors (Lipinski definition) is 0. The molecule has 3 rings (SSSR count). The molecule has 1 unspecified atom stereocenters. The van der Waals surface area contributed by atoms with Gasteiger partial charge in [-0.25, -0.2) is 13.4 Å². The van der Waals surface area contributed by atoms with Gasteiger partial charge in [0.2, 0.25) is 0 Å². The molecule has 1 aliphatic rings. The molecular weight excluding hydrogens is 389 g/mol. The van der Waals surface area contributed by atoms with Crippen LogP contribution in [0.3, 0.4) is 0 Å². The Bertz CT molecular complexity index is 852. The van der Waals surface area contributed by atoms with E-state index in [2.05, 4.69) is 4.98 Å². The Kier molecular flexibility index (Phi) is 5.18. The van der Waals surface area contributed by atoms with E-state index in [0.29, 0.717) is 16.6 Å². The third-order valence-corrected chi connectivity index (χ3v) is 7.71. The highest BCUT2D eigenvalue weighted by Crippen LogP contribution is 2.42. The predicted molar refractivity (Wildman–Crippen MR) is 98.2 cm³/mol. The van der Waals surface area contributed by atoms with Crippen molar-refractivity contribution in [3.63, 3.8) is 0 Å². The van der Waals surface area contributed by atoms with Gasteiger partial charge in [0.15, 0.2) is 5.03 Å². The third kappa shape index (κ3) is 3.32. The van der Waals surface area contributed by atoms with Crippen LogP contribution in [0.4, 0.5) is 0 Å². The average molecular weight is 406 g/mol. The van der Waals surface area contributed by atoms with Gasteiger partial charge in [0, 0.05) is 24.5 Å². The maximum absolute atomic E-state index is 13.0. The lowest BCUT2D eigenvalue weighted by atomic mass is 10.2. The van der Waals surface area contributed by atoms with E-state index in [-0.39, 0.29) is 16.4 Å². The number of halogens is 2. The zero-order chi connectivity index (χ0) is 17.5. The normalized spacial score (nSPS) is 19.3. The van der Waals surface area contributed by atoms with E-state index in [1.165, 1.54) is 4.31 Å². The molecule has 2 heterocycles. The highest BCUT2D eigenvalue weighted by Gasteiger charge is 2.38. The molecule has 1 atom stereocenters. The summed E-state index contributed by atoms with van der Waals surface area (Å²) in [5.74, 6) is 0.717. The maximum atomic E-state index is 13.0. The van der Waals surface area contributed by atoms with Gasteiger partial charge in [-0.05, 0) is 31.5 Å². The molecule has 1 aliphatic heterocycles. The summed E-state index contributed by atoms with van der Waals surface area (Å²) in [7, 11) is -3.67. The summed E-state index contributed by atoms with van der Waals surface area (Å²) in [5, 5.41) is 0.620. The van der Waals surface area contributed by atoms with Crippen LogP contribution in [0.2, 0.25) is 10.0 Å². The smallest absolute Gasteiger partial charge is 0.263 e. The van der Waals surface area contributed by atoms with Crippen LogP contribution in [0.15, 0.2) is 35.7 Å². The fourth-order valence-electron chi connectivity index (χ4n) is 2.48. The molecule has 0 amide bonds. The van der Waals surface area contributed by atoms with Crippen LogP contribution in [0, 0.1) is 0 Å². The van der Waals surface area contributed by atoms with Gasteiger partial charge in [0.25, 0.3) is 10.0 Å².